The third-order valence-corrected chi connectivity index (χ3v) is 4.99. The molecule has 1 aliphatic heterocycles. The van der Waals surface area contributed by atoms with Crippen molar-refractivity contribution >= 4 is 23.2 Å². The maximum Gasteiger partial charge on any atom is 0.258 e. The predicted octanol–water partition coefficient (Wildman–Crippen LogP) is 2.95. The highest BCUT2D eigenvalue weighted by atomic mass is 16.2. The molecule has 0 spiro atoms. The van der Waals surface area contributed by atoms with Gasteiger partial charge in [-0.05, 0) is 42.7 Å². The van der Waals surface area contributed by atoms with Gasteiger partial charge in [-0.1, -0.05) is 24.3 Å². The van der Waals surface area contributed by atoms with Crippen molar-refractivity contribution < 1.29 is 9.59 Å². The van der Waals surface area contributed by atoms with Crippen LogP contribution in [0.3, 0.4) is 0 Å². The minimum absolute atomic E-state index is 0.0116. The van der Waals surface area contributed by atoms with Gasteiger partial charge in [-0.25, -0.2) is 0 Å². The molecule has 0 bridgehead atoms. The SMILES string of the molecule is CC(=O)NCc1cccc(C(=O)N2CCN(C3CC3)c3ccccc32)c1. The molecule has 2 aliphatic rings. The average Bonchev–Trinajstić information content (AvgIpc) is 3.50. The van der Waals surface area contributed by atoms with E-state index in [0.29, 0.717) is 24.7 Å². The molecule has 0 unspecified atom stereocenters. The normalized spacial score (nSPS) is 16.2. The molecule has 1 saturated carbocycles. The minimum atomic E-state index is -0.0770. The van der Waals surface area contributed by atoms with Gasteiger partial charge in [0.05, 0.1) is 11.4 Å². The molecule has 5 heteroatoms. The Kier molecular flexibility index (Phi) is 4.37. The van der Waals surface area contributed by atoms with E-state index in [4.69, 9.17) is 0 Å². The number of fused-ring (bicyclic) bond motifs is 1. The summed E-state index contributed by atoms with van der Waals surface area (Å²) in [5.41, 5.74) is 3.73. The molecule has 1 aliphatic carbocycles. The molecular weight excluding hydrogens is 326 g/mol. The molecule has 1 fully saturated rings. The number of nitrogens with zero attached hydrogens (tertiary/aromatic N) is 2. The van der Waals surface area contributed by atoms with Crippen molar-refractivity contribution in [1.82, 2.24) is 5.32 Å². The zero-order valence-electron chi connectivity index (χ0n) is 14.9. The Hall–Kier alpha value is -2.82. The summed E-state index contributed by atoms with van der Waals surface area (Å²) in [6, 6.07) is 16.3. The predicted molar refractivity (Wildman–Crippen MR) is 102 cm³/mol. The molecule has 134 valence electrons. The van der Waals surface area contributed by atoms with Gasteiger partial charge in [-0.3, -0.25) is 9.59 Å². The summed E-state index contributed by atoms with van der Waals surface area (Å²) in [5, 5.41) is 2.78. The molecule has 1 N–H and O–H groups in total. The zero-order valence-corrected chi connectivity index (χ0v) is 14.9. The zero-order chi connectivity index (χ0) is 18.1. The fourth-order valence-corrected chi connectivity index (χ4v) is 3.56. The van der Waals surface area contributed by atoms with Crippen LogP contribution in [-0.4, -0.2) is 30.9 Å². The number of hydrogen-bond acceptors (Lipinski definition) is 3. The molecule has 26 heavy (non-hydrogen) atoms. The summed E-state index contributed by atoms with van der Waals surface area (Å²) in [4.78, 5) is 28.6. The molecule has 1 heterocycles. The van der Waals surface area contributed by atoms with Gasteiger partial charge in [-0.2, -0.15) is 0 Å². The van der Waals surface area contributed by atoms with Gasteiger partial charge in [0.15, 0.2) is 0 Å². The van der Waals surface area contributed by atoms with E-state index in [1.54, 1.807) is 0 Å². The number of benzene rings is 2. The average molecular weight is 349 g/mol. The molecule has 2 aromatic rings. The van der Waals surface area contributed by atoms with Gasteiger partial charge in [0.25, 0.3) is 5.91 Å². The lowest BCUT2D eigenvalue weighted by Gasteiger charge is -2.38. The van der Waals surface area contributed by atoms with Gasteiger partial charge in [0.1, 0.15) is 0 Å². The highest BCUT2D eigenvalue weighted by molar-refractivity contribution is 6.08. The second-order valence-corrected chi connectivity index (χ2v) is 6.98. The van der Waals surface area contributed by atoms with Crippen LogP contribution in [0.2, 0.25) is 0 Å². The first-order valence-corrected chi connectivity index (χ1v) is 9.14. The van der Waals surface area contributed by atoms with E-state index >= 15 is 0 Å². The van der Waals surface area contributed by atoms with Crippen LogP contribution in [0.1, 0.15) is 35.7 Å². The van der Waals surface area contributed by atoms with Gasteiger partial charge in [0.2, 0.25) is 5.91 Å². The second kappa shape index (κ2) is 6.83. The summed E-state index contributed by atoms with van der Waals surface area (Å²) < 4.78 is 0. The van der Waals surface area contributed by atoms with E-state index in [2.05, 4.69) is 16.3 Å². The van der Waals surface area contributed by atoms with Crippen molar-refractivity contribution in [3.8, 4) is 0 Å². The molecule has 4 rings (SSSR count). The lowest BCUT2D eigenvalue weighted by atomic mass is 10.1. The number of hydrogen-bond donors (Lipinski definition) is 1. The maximum absolute atomic E-state index is 13.2. The van der Waals surface area contributed by atoms with E-state index in [0.717, 1.165) is 23.5 Å². The molecule has 0 aromatic heterocycles. The maximum atomic E-state index is 13.2. The van der Waals surface area contributed by atoms with E-state index in [1.807, 2.05) is 47.4 Å². The van der Waals surface area contributed by atoms with Crippen molar-refractivity contribution in [3.63, 3.8) is 0 Å². The smallest absolute Gasteiger partial charge is 0.258 e. The summed E-state index contributed by atoms with van der Waals surface area (Å²) >= 11 is 0. The molecule has 2 amide bonds. The van der Waals surface area contributed by atoms with Crippen LogP contribution in [0, 0.1) is 0 Å². The molecule has 0 radical (unpaired) electrons. The molecule has 5 nitrogen and oxygen atoms in total. The second-order valence-electron chi connectivity index (χ2n) is 6.98. The first-order valence-electron chi connectivity index (χ1n) is 9.14. The summed E-state index contributed by atoms with van der Waals surface area (Å²) in [5.74, 6) is -0.0653. The van der Waals surface area contributed by atoms with Crippen molar-refractivity contribution in [1.29, 1.82) is 0 Å². The summed E-state index contributed by atoms with van der Waals surface area (Å²) in [6.07, 6.45) is 2.49. The Morgan fingerprint density at radius 3 is 2.54 bits per heavy atom. The van der Waals surface area contributed by atoms with Crippen LogP contribution in [0.15, 0.2) is 48.5 Å². The number of rotatable bonds is 4. The van der Waals surface area contributed by atoms with Crippen LogP contribution in [0.25, 0.3) is 0 Å². The molecule has 0 atom stereocenters. The van der Waals surface area contributed by atoms with Gasteiger partial charge < -0.3 is 15.1 Å². The van der Waals surface area contributed by atoms with E-state index in [1.165, 1.54) is 19.8 Å². The number of amides is 2. The van der Waals surface area contributed by atoms with E-state index in [-0.39, 0.29) is 11.8 Å². The van der Waals surface area contributed by atoms with Gasteiger partial charge in [0, 0.05) is 38.2 Å². The lowest BCUT2D eigenvalue weighted by molar-refractivity contribution is -0.119. The Bertz CT molecular complexity index is 845. The van der Waals surface area contributed by atoms with Crippen LogP contribution in [0.5, 0.6) is 0 Å². The third kappa shape index (κ3) is 3.29. The Morgan fingerprint density at radius 1 is 1.04 bits per heavy atom. The van der Waals surface area contributed by atoms with Crippen molar-refractivity contribution in [2.75, 3.05) is 22.9 Å². The number of carbonyl (C=O) groups is 2. The number of nitrogens with one attached hydrogen (secondary N) is 1. The Balaban J connectivity index is 1.59. The number of para-hydroxylation sites is 2. The Morgan fingerprint density at radius 2 is 1.81 bits per heavy atom. The number of anilines is 2. The minimum Gasteiger partial charge on any atom is -0.365 e. The molecular formula is C21H23N3O2. The first-order chi connectivity index (χ1) is 12.6. The fourth-order valence-electron chi connectivity index (χ4n) is 3.56. The monoisotopic (exact) mass is 349 g/mol. The van der Waals surface area contributed by atoms with Crippen LogP contribution < -0.4 is 15.1 Å². The van der Waals surface area contributed by atoms with Gasteiger partial charge in [-0.15, -0.1) is 0 Å². The lowest BCUT2D eigenvalue weighted by Crippen LogP contribution is -2.45. The topological polar surface area (TPSA) is 52.7 Å². The largest absolute Gasteiger partial charge is 0.365 e. The van der Waals surface area contributed by atoms with E-state index in [9.17, 15) is 9.59 Å². The third-order valence-electron chi connectivity index (χ3n) is 4.99. The quantitative estimate of drug-likeness (QED) is 0.923. The first kappa shape index (κ1) is 16.6. The van der Waals surface area contributed by atoms with Crippen LogP contribution >= 0.6 is 0 Å². The summed E-state index contributed by atoms with van der Waals surface area (Å²) in [7, 11) is 0. The van der Waals surface area contributed by atoms with Crippen molar-refractivity contribution in [2.45, 2.75) is 32.4 Å². The summed E-state index contributed by atoms with van der Waals surface area (Å²) in [6.45, 7) is 3.50. The van der Waals surface area contributed by atoms with Crippen LogP contribution in [-0.2, 0) is 11.3 Å². The molecule has 0 saturated heterocycles. The highest BCUT2D eigenvalue weighted by Crippen LogP contribution is 2.40. The van der Waals surface area contributed by atoms with Gasteiger partial charge >= 0.3 is 0 Å². The van der Waals surface area contributed by atoms with Crippen LogP contribution in [0.4, 0.5) is 11.4 Å². The molecule has 2 aromatic carbocycles. The van der Waals surface area contributed by atoms with Crippen molar-refractivity contribution in [2.24, 2.45) is 0 Å². The van der Waals surface area contributed by atoms with E-state index < -0.39 is 0 Å². The van der Waals surface area contributed by atoms with Crippen molar-refractivity contribution in [3.05, 3.63) is 59.7 Å². The Labute approximate surface area is 153 Å². The fraction of sp³-hybridized carbons (Fsp3) is 0.333. The highest BCUT2D eigenvalue weighted by Gasteiger charge is 2.35. The number of carbonyl (C=O) groups excluding carboxylic acids is 2. The standard InChI is InChI=1S/C21H23N3O2/c1-15(25)22-14-16-5-4-6-17(13-16)21(26)24-12-11-23(18-9-10-18)19-7-2-3-8-20(19)24/h2-8,13,18H,9-12,14H2,1H3,(H,22,25).